The Morgan fingerprint density at radius 3 is 2.12 bits per heavy atom. The van der Waals surface area contributed by atoms with Crippen molar-refractivity contribution in [2.24, 2.45) is 0 Å². The maximum absolute atomic E-state index is 5.89. The van der Waals surface area contributed by atoms with E-state index in [2.05, 4.69) is 69.9 Å². The summed E-state index contributed by atoms with van der Waals surface area (Å²) in [6.45, 7) is 7.55. The van der Waals surface area contributed by atoms with Crippen LogP contribution in [-0.4, -0.2) is 21.8 Å². The van der Waals surface area contributed by atoms with Crippen LogP contribution in [0.1, 0.15) is 13.8 Å². The second-order valence-electron chi connectivity index (χ2n) is 3.44. The summed E-state index contributed by atoms with van der Waals surface area (Å²) in [4.78, 5) is 0. The molecule has 0 bridgehead atoms. The van der Waals surface area contributed by atoms with Crippen LogP contribution < -0.4 is 5.19 Å². The first-order valence-electron chi connectivity index (χ1n) is 5.27. The van der Waals surface area contributed by atoms with Gasteiger partial charge >= 0.3 is 8.56 Å². The normalized spacial score (nSPS) is 11.8. The first-order valence-corrected chi connectivity index (χ1v) is 9.74. The molecule has 0 spiro atoms. The topological polar surface area (TPSA) is 18.5 Å². The van der Waals surface area contributed by atoms with E-state index in [4.69, 9.17) is 8.85 Å². The maximum atomic E-state index is 5.89. The molecule has 5 heteroatoms. The average Bonchev–Trinajstić information content (AvgIpc) is 2.17. The van der Waals surface area contributed by atoms with Crippen LogP contribution in [0.2, 0.25) is 6.55 Å². The molecule has 0 heterocycles. The third kappa shape index (κ3) is 3.66. The summed E-state index contributed by atoms with van der Waals surface area (Å²) < 4.78 is 14.3. The molecule has 2 nitrogen and oxygen atoms in total. The van der Waals surface area contributed by atoms with Crippen molar-refractivity contribution >= 4 is 58.9 Å². The Morgan fingerprint density at radius 2 is 1.69 bits per heavy atom. The predicted octanol–water partition coefficient (Wildman–Crippen LogP) is 3.25. The Hall–Kier alpha value is 0.817. The van der Waals surface area contributed by atoms with E-state index in [1.807, 2.05) is 13.8 Å². The van der Waals surface area contributed by atoms with Crippen LogP contribution in [0.5, 0.6) is 0 Å². The molecule has 0 radical (unpaired) electrons. The zero-order valence-electron chi connectivity index (χ0n) is 9.72. The second kappa shape index (κ2) is 6.67. The summed E-state index contributed by atoms with van der Waals surface area (Å²) in [5, 5.41) is 1.23. The van der Waals surface area contributed by atoms with Crippen LogP contribution >= 0.6 is 45.2 Å². The lowest BCUT2D eigenvalue weighted by Gasteiger charge is -2.27. The van der Waals surface area contributed by atoms with Gasteiger partial charge in [-0.3, -0.25) is 0 Å². The second-order valence-corrected chi connectivity index (χ2v) is 8.85. The van der Waals surface area contributed by atoms with E-state index in [0.29, 0.717) is 13.2 Å². The van der Waals surface area contributed by atoms with Crippen LogP contribution in [0.4, 0.5) is 0 Å². The lowest BCUT2D eigenvalue weighted by Crippen LogP contribution is -2.52. The third-order valence-electron chi connectivity index (χ3n) is 2.26. The highest BCUT2D eigenvalue weighted by atomic mass is 127. The Morgan fingerprint density at radius 1 is 1.12 bits per heavy atom. The zero-order valence-corrected chi connectivity index (χ0v) is 15.0. The van der Waals surface area contributed by atoms with Gasteiger partial charge in [0.05, 0.1) is 0 Å². The van der Waals surface area contributed by atoms with Crippen molar-refractivity contribution in [3.63, 3.8) is 0 Å². The number of halogens is 2. The van der Waals surface area contributed by atoms with E-state index in [1.54, 1.807) is 0 Å². The zero-order chi connectivity index (χ0) is 12.2. The van der Waals surface area contributed by atoms with Crippen molar-refractivity contribution in [2.45, 2.75) is 20.4 Å². The molecule has 0 unspecified atom stereocenters. The van der Waals surface area contributed by atoms with Crippen LogP contribution in [0.25, 0.3) is 0 Å². The fourth-order valence-electron chi connectivity index (χ4n) is 1.61. The Labute approximate surface area is 126 Å². The molecule has 0 amide bonds. The molecule has 0 saturated carbocycles. The number of rotatable bonds is 5. The summed E-state index contributed by atoms with van der Waals surface area (Å²) >= 11 is 4.68. The van der Waals surface area contributed by atoms with Gasteiger partial charge in [0, 0.05) is 25.5 Å². The van der Waals surface area contributed by atoms with Crippen LogP contribution in [0.3, 0.4) is 0 Å². The lowest BCUT2D eigenvalue weighted by atomic mass is 10.4. The van der Waals surface area contributed by atoms with Crippen LogP contribution in [0.15, 0.2) is 18.2 Å². The fraction of sp³-hybridized carbons (Fsp3) is 0.455. The smallest absolute Gasteiger partial charge is 0.370 e. The van der Waals surface area contributed by atoms with Crippen molar-refractivity contribution in [1.82, 2.24) is 0 Å². The quantitative estimate of drug-likeness (QED) is 0.495. The Bertz CT molecular complexity index is 352. The van der Waals surface area contributed by atoms with Gasteiger partial charge in [-0.2, -0.15) is 0 Å². The molecule has 0 N–H and O–H groups in total. The highest BCUT2D eigenvalue weighted by Gasteiger charge is 2.35. The van der Waals surface area contributed by atoms with Gasteiger partial charge in [0.1, 0.15) is 0 Å². The van der Waals surface area contributed by atoms with Gasteiger partial charge in [-0.1, -0.05) is 6.07 Å². The van der Waals surface area contributed by atoms with Crippen molar-refractivity contribution in [2.75, 3.05) is 13.2 Å². The Balaban J connectivity index is 3.10. The minimum atomic E-state index is -2.20. The minimum absolute atomic E-state index is 0.699. The van der Waals surface area contributed by atoms with Gasteiger partial charge in [-0.05, 0) is 77.7 Å². The van der Waals surface area contributed by atoms with Gasteiger partial charge < -0.3 is 8.85 Å². The third-order valence-corrected chi connectivity index (χ3v) is 7.43. The molecule has 0 aliphatic carbocycles. The van der Waals surface area contributed by atoms with Crippen molar-refractivity contribution in [1.29, 1.82) is 0 Å². The van der Waals surface area contributed by atoms with Gasteiger partial charge in [-0.25, -0.2) is 0 Å². The predicted molar refractivity (Wildman–Crippen MR) is 86.4 cm³/mol. The van der Waals surface area contributed by atoms with E-state index in [1.165, 1.54) is 12.3 Å². The largest absolute Gasteiger partial charge is 0.391 e. The van der Waals surface area contributed by atoms with E-state index in [-0.39, 0.29) is 0 Å². The lowest BCUT2D eigenvalue weighted by molar-refractivity contribution is 0.202. The molecule has 0 saturated heterocycles. The molecule has 1 aromatic carbocycles. The highest BCUT2D eigenvalue weighted by molar-refractivity contribution is 14.1. The monoisotopic (exact) mass is 462 g/mol. The van der Waals surface area contributed by atoms with E-state index < -0.39 is 8.56 Å². The first-order chi connectivity index (χ1) is 7.53. The standard InChI is InChI=1S/C11H16I2O2Si/c1-4-14-16(3,15-5-2)11-7-6-9(12)8-10(11)13/h6-8H,4-5H2,1-3H3. The molecule has 0 fully saturated rings. The maximum Gasteiger partial charge on any atom is 0.370 e. The molecule has 0 aliphatic heterocycles. The molecule has 90 valence electrons. The average molecular weight is 462 g/mol. The van der Waals surface area contributed by atoms with Crippen LogP contribution in [0, 0.1) is 7.14 Å². The summed E-state index contributed by atoms with van der Waals surface area (Å²) in [7, 11) is -2.20. The molecule has 1 aromatic rings. The molecule has 0 atom stereocenters. The number of hydrogen-bond donors (Lipinski definition) is 0. The molecule has 0 aromatic heterocycles. The summed E-state index contributed by atoms with van der Waals surface area (Å²) in [6.07, 6.45) is 0. The van der Waals surface area contributed by atoms with Crippen molar-refractivity contribution in [3.05, 3.63) is 25.3 Å². The van der Waals surface area contributed by atoms with E-state index in [0.717, 1.165) is 0 Å². The summed E-state index contributed by atoms with van der Waals surface area (Å²) in [6, 6.07) is 6.42. The molecule has 16 heavy (non-hydrogen) atoms. The van der Waals surface area contributed by atoms with Crippen LogP contribution in [-0.2, 0) is 8.85 Å². The summed E-state index contributed by atoms with van der Waals surface area (Å²) in [5.74, 6) is 0. The number of hydrogen-bond acceptors (Lipinski definition) is 2. The molecular weight excluding hydrogens is 446 g/mol. The highest BCUT2D eigenvalue weighted by Crippen LogP contribution is 2.15. The fourth-order valence-corrected chi connectivity index (χ4v) is 7.07. The molecule has 1 rings (SSSR count). The Kier molecular flexibility index (Phi) is 6.20. The van der Waals surface area contributed by atoms with Gasteiger partial charge in [0.2, 0.25) is 0 Å². The van der Waals surface area contributed by atoms with Crippen molar-refractivity contribution < 1.29 is 8.85 Å². The van der Waals surface area contributed by atoms with Gasteiger partial charge in [0.15, 0.2) is 0 Å². The van der Waals surface area contributed by atoms with Gasteiger partial charge in [0.25, 0.3) is 0 Å². The van der Waals surface area contributed by atoms with E-state index in [9.17, 15) is 0 Å². The molecular formula is C11H16I2O2Si. The van der Waals surface area contributed by atoms with Gasteiger partial charge in [-0.15, -0.1) is 0 Å². The summed E-state index contributed by atoms with van der Waals surface area (Å²) in [5.41, 5.74) is 0. The first kappa shape index (κ1) is 14.9. The number of benzene rings is 1. The minimum Gasteiger partial charge on any atom is -0.391 e. The molecule has 0 aliphatic rings. The SMILES string of the molecule is CCO[Si](C)(OCC)c1ccc(I)cc1I. The van der Waals surface area contributed by atoms with Crippen molar-refractivity contribution in [3.8, 4) is 0 Å². The van der Waals surface area contributed by atoms with E-state index >= 15 is 0 Å².